The Kier molecular flexibility index (Phi) is 5.97. The van der Waals surface area contributed by atoms with Crippen molar-refractivity contribution in [1.29, 1.82) is 5.26 Å². The Morgan fingerprint density at radius 2 is 2.35 bits per heavy atom. The molecule has 5 heteroatoms. The standard InChI is InChI=1S/C12H18N4O/c1-10(2)9-17-7-3-5-14-12-15-6-4-11(8-13)16-12/h4,6,10H,3,5,7,9H2,1-2H3,(H,14,15,16). The van der Waals surface area contributed by atoms with Gasteiger partial charge in [-0.2, -0.15) is 5.26 Å². The lowest BCUT2D eigenvalue weighted by Crippen LogP contribution is -2.10. The molecule has 1 heterocycles. The number of anilines is 1. The summed E-state index contributed by atoms with van der Waals surface area (Å²) in [5.41, 5.74) is 0.374. The fraction of sp³-hybridized carbons (Fsp3) is 0.583. The second kappa shape index (κ2) is 7.58. The van der Waals surface area contributed by atoms with Gasteiger partial charge in [-0.1, -0.05) is 13.8 Å². The quantitative estimate of drug-likeness (QED) is 0.729. The summed E-state index contributed by atoms with van der Waals surface area (Å²) >= 11 is 0. The molecule has 0 radical (unpaired) electrons. The van der Waals surface area contributed by atoms with Crippen LogP contribution in [0.15, 0.2) is 12.3 Å². The Morgan fingerprint density at radius 3 is 3.06 bits per heavy atom. The second-order valence-electron chi connectivity index (χ2n) is 4.13. The molecule has 0 bridgehead atoms. The van der Waals surface area contributed by atoms with Crippen LogP contribution in [0.4, 0.5) is 5.95 Å². The maximum atomic E-state index is 8.67. The first-order valence-electron chi connectivity index (χ1n) is 5.77. The van der Waals surface area contributed by atoms with E-state index in [1.165, 1.54) is 0 Å². The van der Waals surface area contributed by atoms with Gasteiger partial charge in [-0.3, -0.25) is 0 Å². The molecule has 1 rings (SSSR count). The number of nitrogens with zero attached hydrogens (tertiary/aromatic N) is 3. The van der Waals surface area contributed by atoms with Gasteiger partial charge in [0.15, 0.2) is 0 Å². The molecule has 0 atom stereocenters. The van der Waals surface area contributed by atoms with Crippen LogP contribution in [-0.4, -0.2) is 29.7 Å². The fourth-order valence-electron chi connectivity index (χ4n) is 1.20. The third-order valence-electron chi connectivity index (χ3n) is 1.97. The van der Waals surface area contributed by atoms with E-state index in [1.807, 2.05) is 6.07 Å². The third kappa shape index (κ3) is 5.83. The zero-order chi connectivity index (χ0) is 12.5. The predicted octanol–water partition coefficient (Wildman–Crippen LogP) is 1.82. The maximum Gasteiger partial charge on any atom is 0.223 e. The summed E-state index contributed by atoms with van der Waals surface area (Å²) in [5.74, 6) is 1.06. The smallest absolute Gasteiger partial charge is 0.223 e. The van der Waals surface area contributed by atoms with Crippen molar-refractivity contribution in [2.45, 2.75) is 20.3 Å². The molecule has 92 valence electrons. The molecule has 0 spiro atoms. The third-order valence-corrected chi connectivity index (χ3v) is 1.97. The van der Waals surface area contributed by atoms with Gasteiger partial charge in [0.05, 0.1) is 0 Å². The van der Waals surface area contributed by atoms with E-state index < -0.39 is 0 Å². The molecular formula is C12H18N4O. The van der Waals surface area contributed by atoms with Crippen LogP contribution in [0.25, 0.3) is 0 Å². The molecule has 5 nitrogen and oxygen atoms in total. The summed E-state index contributed by atoms with van der Waals surface area (Å²) in [4.78, 5) is 8.03. The van der Waals surface area contributed by atoms with Crippen LogP contribution in [0.1, 0.15) is 26.0 Å². The van der Waals surface area contributed by atoms with Gasteiger partial charge < -0.3 is 10.1 Å². The van der Waals surface area contributed by atoms with Crippen LogP contribution < -0.4 is 5.32 Å². The number of nitriles is 1. The molecule has 0 aromatic carbocycles. The lowest BCUT2D eigenvalue weighted by molar-refractivity contribution is 0.110. The topological polar surface area (TPSA) is 70.8 Å². The van der Waals surface area contributed by atoms with Crippen LogP contribution >= 0.6 is 0 Å². The first-order chi connectivity index (χ1) is 8.22. The minimum Gasteiger partial charge on any atom is -0.381 e. The number of nitrogens with one attached hydrogen (secondary N) is 1. The van der Waals surface area contributed by atoms with E-state index in [-0.39, 0.29) is 0 Å². The molecular weight excluding hydrogens is 216 g/mol. The number of hydrogen-bond donors (Lipinski definition) is 1. The van der Waals surface area contributed by atoms with Crippen molar-refractivity contribution in [2.75, 3.05) is 25.1 Å². The highest BCUT2D eigenvalue weighted by molar-refractivity contribution is 5.29. The van der Waals surface area contributed by atoms with E-state index >= 15 is 0 Å². The molecule has 1 aromatic rings. The number of aromatic nitrogens is 2. The molecule has 0 saturated carbocycles. The normalized spacial score (nSPS) is 10.2. The van der Waals surface area contributed by atoms with Crippen molar-refractivity contribution in [1.82, 2.24) is 9.97 Å². The molecule has 0 unspecified atom stereocenters. The van der Waals surface area contributed by atoms with Gasteiger partial charge in [-0.25, -0.2) is 9.97 Å². The molecule has 0 fully saturated rings. The van der Waals surface area contributed by atoms with Crippen molar-refractivity contribution in [3.8, 4) is 6.07 Å². The SMILES string of the molecule is CC(C)COCCCNc1nccc(C#N)n1. The molecule has 0 aliphatic carbocycles. The monoisotopic (exact) mass is 234 g/mol. The van der Waals surface area contributed by atoms with Crippen LogP contribution in [0.3, 0.4) is 0 Å². The lowest BCUT2D eigenvalue weighted by atomic mass is 10.2. The van der Waals surface area contributed by atoms with Crippen molar-refractivity contribution >= 4 is 5.95 Å². The van der Waals surface area contributed by atoms with Gasteiger partial charge in [0.1, 0.15) is 11.8 Å². The summed E-state index contributed by atoms with van der Waals surface area (Å²) in [5, 5.41) is 11.7. The van der Waals surface area contributed by atoms with E-state index in [0.29, 0.717) is 17.6 Å². The molecule has 0 aliphatic heterocycles. The van der Waals surface area contributed by atoms with E-state index in [1.54, 1.807) is 12.3 Å². The molecule has 0 saturated heterocycles. The van der Waals surface area contributed by atoms with Gasteiger partial charge in [-0.15, -0.1) is 0 Å². The van der Waals surface area contributed by atoms with Gasteiger partial charge in [0.2, 0.25) is 5.95 Å². The molecule has 17 heavy (non-hydrogen) atoms. The van der Waals surface area contributed by atoms with Gasteiger partial charge in [0, 0.05) is 26.0 Å². The average molecular weight is 234 g/mol. The molecule has 0 aliphatic rings. The first kappa shape index (κ1) is 13.4. The van der Waals surface area contributed by atoms with E-state index in [2.05, 4.69) is 29.1 Å². The number of hydrogen-bond acceptors (Lipinski definition) is 5. The van der Waals surface area contributed by atoms with Crippen LogP contribution in [0.2, 0.25) is 0 Å². The largest absolute Gasteiger partial charge is 0.381 e. The first-order valence-corrected chi connectivity index (χ1v) is 5.77. The Balaban J connectivity index is 2.16. The molecule has 0 amide bonds. The molecule has 1 aromatic heterocycles. The maximum absolute atomic E-state index is 8.67. The average Bonchev–Trinajstić information content (AvgIpc) is 2.33. The number of ether oxygens (including phenoxy) is 1. The van der Waals surface area contributed by atoms with Crippen LogP contribution in [0, 0.1) is 17.2 Å². The Labute approximate surface area is 102 Å². The molecule has 1 N–H and O–H groups in total. The Morgan fingerprint density at radius 1 is 1.53 bits per heavy atom. The van der Waals surface area contributed by atoms with E-state index in [0.717, 1.165) is 26.2 Å². The van der Waals surface area contributed by atoms with Gasteiger partial charge in [0.25, 0.3) is 0 Å². The van der Waals surface area contributed by atoms with Crippen molar-refractivity contribution in [2.24, 2.45) is 5.92 Å². The highest BCUT2D eigenvalue weighted by Gasteiger charge is 1.98. The predicted molar refractivity (Wildman–Crippen MR) is 65.5 cm³/mol. The van der Waals surface area contributed by atoms with Crippen molar-refractivity contribution < 1.29 is 4.74 Å². The second-order valence-corrected chi connectivity index (χ2v) is 4.13. The van der Waals surface area contributed by atoms with Gasteiger partial charge >= 0.3 is 0 Å². The van der Waals surface area contributed by atoms with Crippen LogP contribution in [0.5, 0.6) is 0 Å². The minimum atomic E-state index is 0.374. The fourth-order valence-corrected chi connectivity index (χ4v) is 1.20. The lowest BCUT2D eigenvalue weighted by Gasteiger charge is -2.07. The van der Waals surface area contributed by atoms with Crippen molar-refractivity contribution in [3.05, 3.63) is 18.0 Å². The highest BCUT2D eigenvalue weighted by Crippen LogP contribution is 1.99. The zero-order valence-corrected chi connectivity index (χ0v) is 10.3. The number of rotatable bonds is 7. The summed E-state index contributed by atoms with van der Waals surface area (Å²) in [7, 11) is 0. The minimum absolute atomic E-state index is 0.374. The van der Waals surface area contributed by atoms with Crippen molar-refractivity contribution in [3.63, 3.8) is 0 Å². The van der Waals surface area contributed by atoms with E-state index in [9.17, 15) is 0 Å². The Hall–Kier alpha value is -1.67. The summed E-state index contributed by atoms with van der Waals surface area (Å²) in [6, 6.07) is 3.56. The van der Waals surface area contributed by atoms with Crippen LogP contribution in [-0.2, 0) is 4.74 Å². The zero-order valence-electron chi connectivity index (χ0n) is 10.3. The summed E-state index contributed by atoms with van der Waals surface area (Å²) in [6.07, 6.45) is 2.47. The Bertz CT molecular complexity index is 373. The van der Waals surface area contributed by atoms with E-state index in [4.69, 9.17) is 10.00 Å². The summed E-state index contributed by atoms with van der Waals surface area (Å²) < 4.78 is 5.44. The van der Waals surface area contributed by atoms with Gasteiger partial charge in [-0.05, 0) is 18.4 Å². The summed E-state index contributed by atoms with van der Waals surface area (Å²) in [6.45, 7) is 6.51. The highest BCUT2D eigenvalue weighted by atomic mass is 16.5.